The van der Waals surface area contributed by atoms with Crippen molar-refractivity contribution in [2.75, 3.05) is 6.61 Å². The first kappa shape index (κ1) is 17.1. The van der Waals surface area contributed by atoms with Gasteiger partial charge in [-0.3, -0.25) is 4.79 Å². The van der Waals surface area contributed by atoms with Crippen LogP contribution in [0.15, 0.2) is 0 Å². The zero-order valence-corrected chi connectivity index (χ0v) is 14.2. The Hall–Kier alpha value is -1.26. The molecular formula is C17H29NO4. The Labute approximate surface area is 133 Å². The Kier molecular flexibility index (Phi) is 5.35. The summed E-state index contributed by atoms with van der Waals surface area (Å²) in [5, 5.41) is 3.02. The first-order chi connectivity index (χ1) is 10.3. The number of fused-ring (bicyclic) bond motifs is 2. The molecule has 0 saturated heterocycles. The van der Waals surface area contributed by atoms with E-state index in [4.69, 9.17) is 9.47 Å². The van der Waals surface area contributed by atoms with Gasteiger partial charge in [0, 0.05) is 18.4 Å². The summed E-state index contributed by atoms with van der Waals surface area (Å²) in [7, 11) is 0. The third-order valence-electron chi connectivity index (χ3n) is 4.66. The van der Waals surface area contributed by atoms with Gasteiger partial charge in [0.1, 0.15) is 5.60 Å². The number of hydrogen-bond acceptors (Lipinski definition) is 4. The van der Waals surface area contributed by atoms with Crippen LogP contribution in [-0.2, 0) is 14.3 Å². The Morgan fingerprint density at radius 2 is 1.86 bits per heavy atom. The van der Waals surface area contributed by atoms with Crippen LogP contribution in [0.5, 0.6) is 0 Å². The maximum Gasteiger partial charge on any atom is 0.407 e. The topological polar surface area (TPSA) is 64.6 Å². The summed E-state index contributed by atoms with van der Waals surface area (Å²) in [5.74, 6) is 1.14. The van der Waals surface area contributed by atoms with E-state index in [0.29, 0.717) is 24.9 Å². The molecule has 126 valence electrons. The van der Waals surface area contributed by atoms with E-state index in [1.54, 1.807) is 0 Å². The van der Waals surface area contributed by atoms with Crippen LogP contribution in [0.1, 0.15) is 59.8 Å². The van der Waals surface area contributed by atoms with E-state index in [1.165, 1.54) is 6.42 Å². The molecule has 0 spiro atoms. The lowest BCUT2D eigenvalue weighted by atomic mass is 9.85. The van der Waals surface area contributed by atoms with Gasteiger partial charge in [-0.2, -0.15) is 0 Å². The fraction of sp³-hybridized carbons (Fsp3) is 0.882. The van der Waals surface area contributed by atoms with Crippen molar-refractivity contribution >= 4 is 12.1 Å². The van der Waals surface area contributed by atoms with Crippen molar-refractivity contribution in [1.82, 2.24) is 5.32 Å². The molecule has 0 radical (unpaired) electrons. The summed E-state index contributed by atoms with van der Waals surface area (Å²) < 4.78 is 10.8. The van der Waals surface area contributed by atoms with Gasteiger partial charge in [-0.05, 0) is 58.3 Å². The lowest BCUT2D eigenvalue weighted by Gasteiger charge is -2.32. The van der Waals surface area contributed by atoms with E-state index in [-0.39, 0.29) is 24.0 Å². The molecule has 2 aliphatic carbocycles. The van der Waals surface area contributed by atoms with Crippen molar-refractivity contribution in [2.24, 2.45) is 17.8 Å². The van der Waals surface area contributed by atoms with Gasteiger partial charge in [-0.25, -0.2) is 4.79 Å². The highest BCUT2D eigenvalue weighted by Crippen LogP contribution is 2.48. The number of ether oxygens (including phenoxy) is 2. The maximum atomic E-state index is 12.0. The van der Waals surface area contributed by atoms with Crippen LogP contribution in [0.25, 0.3) is 0 Å². The Bertz CT molecular complexity index is 415. The molecule has 0 unspecified atom stereocenters. The van der Waals surface area contributed by atoms with E-state index < -0.39 is 5.60 Å². The second-order valence-electron chi connectivity index (χ2n) is 7.60. The Morgan fingerprint density at radius 3 is 2.50 bits per heavy atom. The molecule has 4 atom stereocenters. The molecule has 0 aromatic rings. The lowest BCUT2D eigenvalue weighted by Crippen LogP contribution is -2.47. The quantitative estimate of drug-likeness (QED) is 0.791. The van der Waals surface area contributed by atoms with E-state index in [9.17, 15) is 9.59 Å². The fourth-order valence-corrected chi connectivity index (χ4v) is 3.78. The molecule has 22 heavy (non-hydrogen) atoms. The van der Waals surface area contributed by atoms with Gasteiger partial charge < -0.3 is 14.8 Å². The lowest BCUT2D eigenvalue weighted by molar-refractivity contribution is -0.145. The van der Waals surface area contributed by atoms with Gasteiger partial charge in [0.15, 0.2) is 0 Å². The summed E-state index contributed by atoms with van der Waals surface area (Å²) in [5.41, 5.74) is -0.495. The van der Waals surface area contributed by atoms with Crippen molar-refractivity contribution in [2.45, 2.75) is 71.4 Å². The molecule has 5 heteroatoms. The predicted molar refractivity (Wildman–Crippen MR) is 83.3 cm³/mol. The normalized spacial score (nSPS) is 30.2. The van der Waals surface area contributed by atoms with Crippen molar-refractivity contribution in [1.29, 1.82) is 0 Å². The van der Waals surface area contributed by atoms with Crippen LogP contribution >= 0.6 is 0 Å². The monoisotopic (exact) mass is 311 g/mol. The second kappa shape index (κ2) is 6.88. The number of rotatable bonds is 5. The predicted octanol–water partition coefficient (Wildman–Crippen LogP) is 3.27. The van der Waals surface area contributed by atoms with Crippen LogP contribution in [0.2, 0.25) is 0 Å². The standard InChI is InChI=1S/C17H29NO4/c1-5-6-14(19)21-10-13-11-7-8-12(9-11)15(13)18-16(20)22-17(2,3)4/h11-13,15H,5-10H2,1-4H3,(H,18,20)/t11-,12+,13+,15-/m1/s1. The summed E-state index contributed by atoms with van der Waals surface area (Å²) in [6.45, 7) is 7.96. The summed E-state index contributed by atoms with van der Waals surface area (Å²) >= 11 is 0. The van der Waals surface area contributed by atoms with E-state index in [1.807, 2.05) is 27.7 Å². The number of carbonyl (C=O) groups excluding carboxylic acids is 2. The number of alkyl carbamates (subject to hydrolysis) is 1. The van der Waals surface area contributed by atoms with Crippen molar-refractivity contribution in [3.05, 3.63) is 0 Å². The minimum Gasteiger partial charge on any atom is -0.465 e. The Morgan fingerprint density at radius 1 is 1.18 bits per heavy atom. The molecule has 1 N–H and O–H groups in total. The average Bonchev–Trinajstić information content (AvgIpc) is 2.96. The van der Waals surface area contributed by atoms with Crippen LogP contribution in [0, 0.1) is 17.8 Å². The van der Waals surface area contributed by atoms with Gasteiger partial charge in [0.25, 0.3) is 0 Å². The van der Waals surface area contributed by atoms with Crippen LogP contribution in [0.3, 0.4) is 0 Å². The fourth-order valence-electron chi connectivity index (χ4n) is 3.78. The van der Waals surface area contributed by atoms with Gasteiger partial charge in [0.05, 0.1) is 6.61 Å². The summed E-state index contributed by atoms with van der Waals surface area (Å²) in [4.78, 5) is 23.6. The molecule has 0 heterocycles. The highest BCUT2D eigenvalue weighted by atomic mass is 16.6. The van der Waals surface area contributed by atoms with Crippen LogP contribution in [0.4, 0.5) is 4.79 Å². The molecule has 2 bridgehead atoms. The minimum atomic E-state index is -0.495. The zero-order chi connectivity index (χ0) is 16.3. The molecule has 2 rings (SSSR count). The Balaban J connectivity index is 1.90. The largest absolute Gasteiger partial charge is 0.465 e. The molecule has 2 saturated carbocycles. The summed E-state index contributed by atoms with van der Waals surface area (Å²) in [6, 6.07) is 0.0722. The van der Waals surface area contributed by atoms with Crippen molar-refractivity contribution in [3.63, 3.8) is 0 Å². The van der Waals surface area contributed by atoms with Gasteiger partial charge >= 0.3 is 12.1 Å². The van der Waals surface area contributed by atoms with Crippen LogP contribution < -0.4 is 5.32 Å². The highest BCUT2D eigenvalue weighted by molar-refractivity contribution is 5.69. The number of amides is 1. The average molecular weight is 311 g/mol. The molecular weight excluding hydrogens is 282 g/mol. The summed E-state index contributed by atoms with van der Waals surface area (Å²) in [6.07, 6.45) is 4.34. The van der Waals surface area contributed by atoms with E-state index in [0.717, 1.165) is 19.3 Å². The zero-order valence-electron chi connectivity index (χ0n) is 14.2. The van der Waals surface area contributed by atoms with Gasteiger partial charge in [-0.1, -0.05) is 6.92 Å². The second-order valence-corrected chi connectivity index (χ2v) is 7.60. The molecule has 0 aromatic carbocycles. The number of hydrogen-bond donors (Lipinski definition) is 1. The van der Waals surface area contributed by atoms with Crippen molar-refractivity contribution in [3.8, 4) is 0 Å². The van der Waals surface area contributed by atoms with Crippen LogP contribution in [-0.4, -0.2) is 30.3 Å². The number of carbonyl (C=O) groups is 2. The number of esters is 1. The SMILES string of the molecule is CCCC(=O)OC[C@H]1[C@@H]2CC[C@@H](C2)[C@H]1NC(=O)OC(C)(C)C. The van der Waals surface area contributed by atoms with E-state index >= 15 is 0 Å². The smallest absolute Gasteiger partial charge is 0.407 e. The molecule has 0 aromatic heterocycles. The molecule has 1 amide bonds. The third-order valence-corrected chi connectivity index (χ3v) is 4.66. The van der Waals surface area contributed by atoms with Crippen molar-refractivity contribution < 1.29 is 19.1 Å². The number of nitrogens with one attached hydrogen (secondary N) is 1. The van der Waals surface area contributed by atoms with Gasteiger partial charge in [0.2, 0.25) is 0 Å². The molecule has 2 aliphatic rings. The highest BCUT2D eigenvalue weighted by Gasteiger charge is 2.48. The van der Waals surface area contributed by atoms with Gasteiger partial charge in [-0.15, -0.1) is 0 Å². The molecule has 0 aliphatic heterocycles. The molecule has 5 nitrogen and oxygen atoms in total. The first-order valence-corrected chi connectivity index (χ1v) is 8.45. The first-order valence-electron chi connectivity index (χ1n) is 8.45. The maximum absolute atomic E-state index is 12.0. The molecule has 2 fully saturated rings. The van der Waals surface area contributed by atoms with E-state index in [2.05, 4.69) is 5.32 Å². The minimum absolute atomic E-state index is 0.0722. The third kappa shape index (κ3) is 4.37.